The molecule has 154 valence electrons. The highest BCUT2D eigenvalue weighted by molar-refractivity contribution is 7.99. The average Bonchev–Trinajstić information content (AvgIpc) is 2.81. The van der Waals surface area contributed by atoms with E-state index in [1.165, 1.54) is 36.0 Å². The molecule has 1 heterocycles. The largest absolute Gasteiger partial charge is 0.326 e. The number of anilines is 2. The predicted octanol–water partition coefficient (Wildman–Crippen LogP) is 3.96. The van der Waals surface area contributed by atoms with Gasteiger partial charge < -0.3 is 10.6 Å². The lowest BCUT2D eigenvalue weighted by Crippen LogP contribution is -2.20. The summed E-state index contributed by atoms with van der Waals surface area (Å²) in [7, 11) is -3.75. The van der Waals surface area contributed by atoms with Crippen molar-refractivity contribution in [2.45, 2.75) is 23.1 Å². The molecule has 1 aliphatic rings. The van der Waals surface area contributed by atoms with Crippen LogP contribution in [0.2, 0.25) is 5.02 Å². The molecular weight excluding hydrogens is 439 g/mol. The van der Waals surface area contributed by atoms with E-state index in [0.29, 0.717) is 11.4 Å². The van der Waals surface area contributed by atoms with Gasteiger partial charge in [-0.2, -0.15) is 0 Å². The Balaban J connectivity index is 1.68. The van der Waals surface area contributed by atoms with Crippen molar-refractivity contribution in [3.8, 4) is 0 Å². The first-order chi connectivity index (χ1) is 13.7. The first-order valence-corrected chi connectivity index (χ1v) is 11.7. The van der Waals surface area contributed by atoms with Crippen LogP contribution in [0, 0.1) is 11.7 Å². The molecule has 1 atom stereocenters. The van der Waals surface area contributed by atoms with Crippen LogP contribution in [0.25, 0.3) is 0 Å². The molecule has 1 aliphatic heterocycles. The average molecular weight is 457 g/mol. The number of hydrogen-bond donors (Lipinski definition) is 2. The third-order valence-electron chi connectivity index (χ3n) is 4.31. The van der Waals surface area contributed by atoms with E-state index in [-0.39, 0.29) is 33.9 Å². The Labute approximate surface area is 177 Å². The minimum atomic E-state index is -3.75. The van der Waals surface area contributed by atoms with Crippen LogP contribution in [0.1, 0.15) is 13.3 Å². The van der Waals surface area contributed by atoms with Crippen molar-refractivity contribution in [3.63, 3.8) is 0 Å². The van der Waals surface area contributed by atoms with Gasteiger partial charge in [0.1, 0.15) is 5.82 Å². The van der Waals surface area contributed by atoms with E-state index in [2.05, 4.69) is 10.6 Å². The standard InChI is InChI=1S/C19H18ClFN2O4S2/c1-11-10-28-17-5-3-13(9-16(17)23-19(11)25)29(26,27)7-6-18(24)22-12-2-4-15(21)14(20)8-12/h2-5,8-9,11H,6-7,10H2,1H3,(H,22,24)(H,23,25)/t11-/m1/s1. The maximum absolute atomic E-state index is 13.2. The summed E-state index contributed by atoms with van der Waals surface area (Å²) in [5.74, 6) is -1.30. The fourth-order valence-electron chi connectivity index (χ4n) is 2.61. The smallest absolute Gasteiger partial charge is 0.228 e. The Kier molecular flexibility index (Phi) is 6.50. The van der Waals surface area contributed by atoms with Crippen molar-refractivity contribution in [1.29, 1.82) is 0 Å². The molecule has 2 aromatic rings. The fourth-order valence-corrected chi connectivity index (χ4v) is 5.07. The zero-order valence-corrected chi connectivity index (χ0v) is 17.8. The molecule has 2 aromatic carbocycles. The number of benzene rings is 2. The molecule has 0 aliphatic carbocycles. The number of carbonyl (C=O) groups excluding carboxylic acids is 2. The monoisotopic (exact) mass is 456 g/mol. The van der Waals surface area contributed by atoms with Gasteiger partial charge in [0.15, 0.2) is 9.84 Å². The van der Waals surface area contributed by atoms with E-state index in [1.807, 2.05) is 0 Å². The number of fused-ring (bicyclic) bond motifs is 1. The summed E-state index contributed by atoms with van der Waals surface area (Å²) in [5.41, 5.74) is 0.730. The van der Waals surface area contributed by atoms with E-state index in [9.17, 15) is 22.4 Å². The van der Waals surface area contributed by atoms with Gasteiger partial charge in [-0.1, -0.05) is 18.5 Å². The van der Waals surface area contributed by atoms with Crippen LogP contribution >= 0.6 is 23.4 Å². The highest BCUT2D eigenvalue weighted by Gasteiger charge is 2.23. The molecule has 2 N–H and O–H groups in total. The number of thioether (sulfide) groups is 1. The van der Waals surface area contributed by atoms with Gasteiger partial charge in [-0.25, -0.2) is 12.8 Å². The number of rotatable bonds is 5. The summed E-state index contributed by atoms with van der Waals surface area (Å²) in [6.07, 6.45) is -0.285. The molecule has 0 saturated heterocycles. The molecule has 0 spiro atoms. The quantitative estimate of drug-likeness (QED) is 0.710. The van der Waals surface area contributed by atoms with Crippen LogP contribution in [0.4, 0.5) is 15.8 Å². The normalized spacial score (nSPS) is 16.5. The van der Waals surface area contributed by atoms with E-state index in [0.717, 1.165) is 11.0 Å². The van der Waals surface area contributed by atoms with E-state index in [4.69, 9.17) is 11.6 Å². The van der Waals surface area contributed by atoms with Crippen molar-refractivity contribution in [1.82, 2.24) is 0 Å². The zero-order valence-electron chi connectivity index (χ0n) is 15.4. The van der Waals surface area contributed by atoms with Crippen molar-refractivity contribution in [3.05, 3.63) is 47.2 Å². The molecule has 0 fully saturated rings. The molecule has 0 radical (unpaired) electrons. The van der Waals surface area contributed by atoms with Gasteiger partial charge in [0.2, 0.25) is 11.8 Å². The lowest BCUT2D eigenvalue weighted by molar-refractivity contribution is -0.118. The van der Waals surface area contributed by atoms with E-state index in [1.54, 1.807) is 13.0 Å². The predicted molar refractivity (Wildman–Crippen MR) is 112 cm³/mol. The third kappa shape index (κ3) is 5.29. The van der Waals surface area contributed by atoms with Gasteiger partial charge in [0.25, 0.3) is 0 Å². The molecule has 29 heavy (non-hydrogen) atoms. The molecule has 2 amide bonds. The minimum absolute atomic E-state index is 0.0318. The number of carbonyl (C=O) groups is 2. The van der Waals surface area contributed by atoms with Crippen LogP contribution in [0.15, 0.2) is 46.2 Å². The Morgan fingerprint density at radius 3 is 2.79 bits per heavy atom. The maximum atomic E-state index is 13.2. The Morgan fingerprint density at radius 2 is 2.07 bits per heavy atom. The van der Waals surface area contributed by atoms with Gasteiger partial charge in [0, 0.05) is 28.7 Å². The molecular formula is C19H18ClFN2O4S2. The second-order valence-electron chi connectivity index (χ2n) is 6.61. The van der Waals surface area contributed by atoms with Crippen molar-refractivity contribution in [2.75, 3.05) is 22.1 Å². The number of sulfone groups is 1. The molecule has 0 aromatic heterocycles. The first-order valence-electron chi connectivity index (χ1n) is 8.71. The Hall–Kier alpha value is -2.10. The highest BCUT2D eigenvalue weighted by atomic mass is 35.5. The number of halogens is 2. The lowest BCUT2D eigenvalue weighted by atomic mass is 10.2. The number of hydrogen-bond acceptors (Lipinski definition) is 5. The second kappa shape index (κ2) is 8.73. The van der Waals surface area contributed by atoms with Crippen LogP contribution in [-0.2, 0) is 19.4 Å². The van der Waals surface area contributed by atoms with Crippen LogP contribution in [0.5, 0.6) is 0 Å². The zero-order chi connectivity index (χ0) is 21.2. The van der Waals surface area contributed by atoms with E-state index >= 15 is 0 Å². The number of nitrogens with one attached hydrogen (secondary N) is 2. The molecule has 0 saturated carbocycles. The molecule has 0 unspecified atom stereocenters. The van der Waals surface area contributed by atoms with Crippen molar-refractivity contribution >= 4 is 56.4 Å². The highest BCUT2D eigenvalue weighted by Crippen LogP contribution is 2.34. The lowest BCUT2D eigenvalue weighted by Gasteiger charge is -2.10. The molecule has 10 heteroatoms. The maximum Gasteiger partial charge on any atom is 0.228 e. The Morgan fingerprint density at radius 1 is 1.31 bits per heavy atom. The summed E-state index contributed by atoms with van der Waals surface area (Å²) < 4.78 is 38.4. The van der Waals surface area contributed by atoms with Crippen LogP contribution in [0.3, 0.4) is 0 Å². The van der Waals surface area contributed by atoms with Crippen molar-refractivity contribution < 1.29 is 22.4 Å². The molecule has 3 rings (SSSR count). The van der Waals surface area contributed by atoms with Gasteiger partial charge >= 0.3 is 0 Å². The third-order valence-corrected chi connectivity index (χ3v) is 7.64. The second-order valence-corrected chi connectivity index (χ2v) is 10.2. The summed E-state index contributed by atoms with van der Waals surface area (Å²) in [5, 5.41) is 5.09. The SMILES string of the molecule is C[C@@H]1CSc2ccc(S(=O)(=O)CCC(=O)Nc3ccc(F)c(Cl)c3)cc2NC1=O. The van der Waals surface area contributed by atoms with Gasteiger partial charge in [-0.05, 0) is 36.4 Å². The van der Waals surface area contributed by atoms with Crippen molar-refractivity contribution in [2.24, 2.45) is 5.92 Å². The van der Waals surface area contributed by atoms with Crippen LogP contribution in [-0.4, -0.2) is 31.7 Å². The summed E-state index contributed by atoms with van der Waals surface area (Å²) >= 11 is 7.14. The summed E-state index contributed by atoms with van der Waals surface area (Å²) in [6, 6.07) is 8.24. The molecule has 0 bridgehead atoms. The first kappa shape index (κ1) is 21.6. The van der Waals surface area contributed by atoms with Gasteiger partial charge in [-0.3, -0.25) is 9.59 Å². The topological polar surface area (TPSA) is 92.3 Å². The Bertz CT molecular complexity index is 1080. The summed E-state index contributed by atoms with van der Waals surface area (Å²) in [6.45, 7) is 1.80. The van der Waals surface area contributed by atoms with Gasteiger partial charge in [0.05, 0.1) is 21.4 Å². The molecule has 6 nitrogen and oxygen atoms in total. The van der Waals surface area contributed by atoms with E-state index < -0.39 is 27.3 Å². The van der Waals surface area contributed by atoms with Gasteiger partial charge in [-0.15, -0.1) is 11.8 Å². The summed E-state index contributed by atoms with van der Waals surface area (Å²) in [4.78, 5) is 24.9. The van der Waals surface area contributed by atoms with Crippen LogP contribution < -0.4 is 10.6 Å². The number of amides is 2. The fraction of sp³-hybridized carbons (Fsp3) is 0.263. The minimum Gasteiger partial charge on any atom is -0.326 e.